The highest BCUT2D eigenvalue weighted by Gasteiger charge is 2.33. The molecule has 1 aliphatic rings. The quantitative estimate of drug-likeness (QED) is 0.906. The van der Waals surface area contributed by atoms with Crippen LogP contribution < -0.4 is 11.1 Å². The number of carbonyl (C=O) groups is 2. The number of carbonyl (C=O) groups excluding carboxylic acids is 2. The molecular formula is C19H23N3O2. The number of primary amides is 1. The van der Waals surface area contributed by atoms with Gasteiger partial charge in [0.25, 0.3) is 0 Å². The van der Waals surface area contributed by atoms with Crippen LogP contribution in [-0.2, 0) is 11.2 Å². The first kappa shape index (κ1) is 16.3. The van der Waals surface area contributed by atoms with Crippen molar-refractivity contribution in [1.82, 2.24) is 10.2 Å². The first-order valence-corrected chi connectivity index (χ1v) is 8.39. The van der Waals surface area contributed by atoms with Crippen molar-refractivity contribution in [3.05, 3.63) is 48.0 Å². The fourth-order valence-corrected chi connectivity index (χ4v) is 3.41. The third-order valence-corrected chi connectivity index (χ3v) is 4.58. The number of rotatable bonds is 4. The number of urea groups is 1. The summed E-state index contributed by atoms with van der Waals surface area (Å²) in [4.78, 5) is 25.3. The number of likely N-dealkylation sites (tertiary alicyclic amines) is 1. The molecule has 0 aromatic heterocycles. The largest absolute Gasteiger partial charge is 0.352 e. The third-order valence-electron chi connectivity index (χ3n) is 4.58. The Balaban J connectivity index is 1.63. The number of nitrogens with two attached hydrogens (primary N) is 1. The molecule has 1 heterocycles. The fraction of sp³-hybridized carbons (Fsp3) is 0.368. The van der Waals surface area contributed by atoms with Crippen molar-refractivity contribution >= 4 is 22.7 Å². The number of hydrogen-bond acceptors (Lipinski definition) is 2. The number of nitrogens with zero attached hydrogens (tertiary/aromatic N) is 1. The Labute approximate surface area is 141 Å². The van der Waals surface area contributed by atoms with Crippen LogP contribution in [0.4, 0.5) is 4.79 Å². The van der Waals surface area contributed by atoms with Gasteiger partial charge < -0.3 is 16.0 Å². The zero-order valence-electron chi connectivity index (χ0n) is 13.9. The predicted molar refractivity (Wildman–Crippen MR) is 94.6 cm³/mol. The topological polar surface area (TPSA) is 75.4 Å². The normalized spacial score (nSPS) is 18.5. The maximum absolute atomic E-state index is 12.4. The molecule has 0 bridgehead atoms. The van der Waals surface area contributed by atoms with E-state index >= 15 is 0 Å². The fourth-order valence-electron chi connectivity index (χ4n) is 3.41. The standard InChI is InChI=1S/C19H23N3O2/c1-13(21-18(23)17-7-4-10-22(17)19(20)24)11-14-8-9-15-5-2-3-6-16(15)12-14/h2-3,5-6,8-9,12-13,17H,4,7,10-11H2,1H3,(H2,20,24)(H,21,23)/t13-,17-/m0/s1. The minimum Gasteiger partial charge on any atom is -0.352 e. The molecule has 3 N–H and O–H groups in total. The van der Waals surface area contributed by atoms with Crippen molar-refractivity contribution in [1.29, 1.82) is 0 Å². The van der Waals surface area contributed by atoms with Crippen LogP contribution in [0.15, 0.2) is 42.5 Å². The highest BCUT2D eigenvalue weighted by molar-refractivity contribution is 5.87. The van der Waals surface area contributed by atoms with Crippen LogP contribution in [-0.4, -0.2) is 35.5 Å². The summed E-state index contributed by atoms with van der Waals surface area (Å²) < 4.78 is 0. The minimum absolute atomic E-state index is 0.00557. The average Bonchev–Trinajstić information content (AvgIpc) is 3.04. The highest BCUT2D eigenvalue weighted by atomic mass is 16.2. The lowest BCUT2D eigenvalue weighted by Crippen LogP contribution is -2.50. The number of amides is 3. The van der Waals surface area contributed by atoms with Gasteiger partial charge in [0.05, 0.1) is 0 Å². The highest BCUT2D eigenvalue weighted by Crippen LogP contribution is 2.18. The summed E-state index contributed by atoms with van der Waals surface area (Å²) in [5.41, 5.74) is 6.52. The molecule has 0 saturated carbocycles. The Morgan fingerprint density at radius 3 is 2.75 bits per heavy atom. The van der Waals surface area contributed by atoms with E-state index in [-0.39, 0.29) is 11.9 Å². The minimum atomic E-state index is -0.519. The molecule has 0 unspecified atom stereocenters. The van der Waals surface area contributed by atoms with Gasteiger partial charge in [-0.1, -0.05) is 42.5 Å². The third kappa shape index (κ3) is 3.50. The molecule has 3 rings (SSSR count). The molecule has 0 aliphatic carbocycles. The molecule has 3 amide bonds. The molecule has 0 radical (unpaired) electrons. The van der Waals surface area contributed by atoms with E-state index in [2.05, 4.69) is 35.6 Å². The van der Waals surface area contributed by atoms with Crippen LogP contribution in [0, 0.1) is 0 Å². The first-order chi connectivity index (χ1) is 11.5. The molecule has 0 spiro atoms. The molecule has 1 aliphatic heterocycles. The van der Waals surface area contributed by atoms with Crippen molar-refractivity contribution in [2.75, 3.05) is 6.54 Å². The SMILES string of the molecule is C[C@@H](Cc1ccc2ccccc2c1)NC(=O)[C@@H]1CCCN1C(N)=O. The van der Waals surface area contributed by atoms with E-state index in [1.165, 1.54) is 21.2 Å². The van der Waals surface area contributed by atoms with Crippen molar-refractivity contribution in [2.45, 2.75) is 38.3 Å². The van der Waals surface area contributed by atoms with Crippen LogP contribution in [0.2, 0.25) is 0 Å². The zero-order chi connectivity index (χ0) is 17.1. The van der Waals surface area contributed by atoms with Crippen molar-refractivity contribution < 1.29 is 9.59 Å². The van der Waals surface area contributed by atoms with Crippen molar-refractivity contribution in [3.63, 3.8) is 0 Å². The van der Waals surface area contributed by atoms with Gasteiger partial charge in [-0.05, 0) is 42.5 Å². The van der Waals surface area contributed by atoms with Gasteiger partial charge >= 0.3 is 6.03 Å². The van der Waals surface area contributed by atoms with E-state index in [9.17, 15) is 9.59 Å². The Hall–Kier alpha value is -2.56. The lowest BCUT2D eigenvalue weighted by molar-refractivity contribution is -0.125. The lowest BCUT2D eigenvalue weighted by Gasteiger charge is -2.24. The summed E-state index contributed by atoms with van der Waals surface area (Å²) >= 11 is 0. The van der Waals surface area contributed by atoms with Gasteiger partial charge in [0.1, 0.15) is 6.04 Å². The maximum Gasteiger partial charge on any atom is 0.315 e. The van der Waals surface area contributed by atoms with Crippen LogP contribution >= 0.6 is 0 Å². The van der Waals surface area contributed by atoms with Gasteiger partial charge in [-0.3, -0.25) is 4.79 Å². The van der Waals surface area contributed by atoms with Crippen molar-refractivity contribution in [2.24, 2.45) is 5.73 Å². The molecule has 1 fully saturated rings. The molecule has 5 heteroatoms. The molecule has 126 valence electrons. The van der Waals surface area contributed by atoms with E-state index in [4.69, 9.17) is 5.73 Å². The van der Waals surface area contributed by atoms with Gasteiger partial charge in [0, 0.05) is 12.6 Å². The summed E-state index contributed by atoms with van der Waals surface area (Å²) in [5.74, 6) is -0.111. The molecular weight excluding hydrogens is 302 g/mol. The number of benzene rings is 2. The maximum atomic E-state index is 12.4. The number of fused-ring (bicyclic) bond motifs is 1. The Kier molecular flexibility index (Phi) is 4.69. The van der Waals surface area contributed by atoms with Gasteiger partial charge in [0.2, 0.25) is 5.91 Å². The van der Waals surface area contributed by atoms with E-state index in [1.807, 2.05) is 19.1 Å². The van der Waals surface area contributed by atoms with Crippen LogP contribution in [0.25, 0.3) is 10.8 Å². The Bertz CT molecular complexity index is 759. The van der Waals surface area contributed by atoms with Crippen LogP contribution in [0.1, 0.15) is 25.3 Å². The second-order valence-electron chi connectivity index (χ2n) is 6.48. The molecule has 5 nitrogen and oxygen atoms in total. The summed E-state index contributed by atoms with van der Waals surface area (Å²) in [6.45, 7) is 2.54. The van der Waals surface area contributed by atoms with Gasteiger partial charge in [-0.2, -0.15) is 0 Å². The van der Waals surface area contributed by atoms with Crippen molar-refractivity contribution in [3.8, 4) is 0 Å². The second kappa shape index (κ2) is 6.91. The molecule has 2 aromatic carbocycles. The molecule has 24 heavy (non-hydrogen) atoms. The average molecular weight is 325 g/mol. The molecule has 1 saturated heterocycles. The van der Waals surface area contributed by atoms with E-state index in [1.54, 1.807) is 0 Å². The molecule has 2 aromatic rings. The van der Waals surface area contributed by atoms with Crippen LogP contribution in [0.3, 0.4) is 0 Å². The second-order valence-corrected chi connectivity index (χ2v) is 6.48. The van der Waals surface area contributed by atoms with Gasteiger partial charge in [0.15, 0.2) is 0 Å². The first-order valence-electron chi connectivity index (χ1n) is 8.39. The van der Waals surface area contributed by atoms with Crippen LogP contribution in [0.5, 0.6) is 0 Å². The number of hydrogen-bond donors (Lipinski definition) is 2. The Morgan fingerprint density at radius 1 is 1.25 bits per heavy atom. The summed E-state index contributed by atoms with van der Waals surface area (Å²) in [5, 5.41) is 5.42. The zero-order valence-corrected chi connectivity index (χ0v) is 13.9. The predicted octanol–water partition coefficient (Wildman–Crippen LogP) is 2.43. The summed E-state index contributed by atoms with van der Waals surface area (Å²) in [6.07, 6.45) is 2.25. The number of nitrogens with one attached hydrogen (secondary N) is 1. The van der Waals surface area contributed by atoms with Gasteiger partial charge in [-0.25, -0.2) is 4.79 Å². The van der Waals surface area contributed by atoms with E-state index in [0.717, 1.165) is 12.8 Å². The van der Waals surface area contributed by atoms with E-state index in [0.29, 0.717) is 13.0 Å². The summed E-state index contributed by atoms with van der Waals surface area (Å²) in [6, 6.07) is 13.6. The monoisotopic (exact) mass is 325 g/mol. The Morgan fingerprint density at radius 2 is 2.00 bits per heavy atom. The smallest absolute Gasteiger partial charge is 0.315 e. The van der Waals surface area contributed by atoms with E-state index < -0.39 is 12.1 Å². The summed E-state index contributed by atoms with van der Waals surface area (Å²) in [7, 11) is 0. The van der Waals surface area contributed by atoms with Gasteiger partial charge in [-0.15, -0.1) is 0 Å². The lowest BCUT2D eigenvalue weighted by atomic mass is 10.0. The molecule has 2 atom stereocenters.